The molecule has 0 aliphatic carbocycles. The Hall–Kier alpha value is -1.88. The van der Waals surface area contributed by atoms with Crippen LogP contribution < -0.4 is 10.6 Å². The molecule has 90 valence electrons. The van der Waals surface area contributed by atoms with Crippen LogP contribution in [0.1, 0.15) is 13.3 Å². The second-order valence-corrected chi connectivity index (χ2v) is 3.82. The Morgan fingerprint density at radius 2 is 1.76 bits per heavy atom. The van der Waals surface area contributed by atoms with Gasteiger partial charge in [0.1, 0.15) is 5.78 Å². The highest BCUT2D eigenvalue weighted by molar-refractivity contribution is 6.30. The van der Waals surface area contributed by atoms with E-state index in [0.29, 0.717) is 10.7 Å². The van der Waals surface area contributed by atoms with Crippen molar-refractivity contribution in [1.82, 2.24) is 5.32 Å². The largest absolute Gasteiger partial charge is 0.325 e. The lowest BCUT2D eigenvalue weighted by atomic mass is 10.3. The Labute approximate surface area is 103 Å². The van der Waals surface area contributed by atoms with Gasteiger partial charge in [0, 0.05) is 10.7 Å². The van der Waals surface area contributed by atoms with Crippen molar-refractivity contribution in [1.29, 1.82) is 0 Å². The lowest BCUT2D eigenvalue weighted by molar-refractivity contribution is -0.126. The Morgan fingerprint density at radius 3 is 2.29 bits per heavy atom. The van der Waals surface area contributed by atoms with Gasteiger partial charge in [0.2, 0.25) is 5.91 Å². The van der Waals surface area contributed by atoms with E-state index in [4.69, 9.17) is 11.6 Å². The molecule has 0 bridgehead atoms. The Kier molecular flexibility index (Phi) is 4.66. The van der Waals surface area contributed by atoms with E-state index < -0.39 is 11.9 Å². The zero-order chi connectivity index (χ0) is 12.8. The number of carbonyl (C=O) groups is 3. The maximum Gasteiger partial charge on any atom is 0.325 e. The number of rotatable bonds is 3. The van der Waals surface area contributed by atoms with Gasteiger partial charge in [-0.05, 0) is 31.2 Å². The molecular weight excluding hydrogens is 244 g/mol. The molecular formula is C11H11ClN2O3. The molecule has 0 saturated carbocycles. The van der Waals surface area contributed by atoms with Gasteiger partial charge in [0.25, 0.3) is 0 Å². The molecule has 0 fully saturated rings. The topological polar surface area (TPSA) is 75.3 Å². The fourth-order valence-corrected chi connectivity index (χ4v) is 1.22. The Balaban J connectivity index is 2.47. The number of imide groups is 1. The standard InChI is InChI=1S/C11H11ClN2O3/c1-7(15)6-10(16)14-11(17)13-9-4-2-8(12)3-5-9/h2-5H,6H2,1H3,(H2,13,14,16,17). The summed E-state index contributed by atoms with van der Waals surface area (Å²) in [4.78, 5) is 33.0. The molecule has 0 aliphatic rings. The van der Waals surface area contributed by atoms with Crippen molar-refractivity contribution in [3.8, 4) is 0 Å². The molecule has 0 saturated heterocycles. The second kappa shape index (κ2) is 6.00. The normalized spacial score (nSPS) is 9.53. The van der Waals surface area contributed by atoms with Crippen LogP contribution in [0.4, 0.5) is 10.5 Å². The zero-order valence-corrected chi connectivity index (χ0v) is 9.88. The van der Waals surface area contributed by atoms with E-state index in [9.17, 15) is 14.4 Å². The summed E-state index contributed by atoms with van der Waals surface area (Å²) in [6.07, 6.45) is -0.311. The van der Waals surface area contributed by atoms with E-state index in [1.54, 1.807) is 24.3 Å². The molecule has 0 aromatic heterocycles. The van der Waals surface area contributed by atoms with Crippen LogP contribution in [0.2, 0.25) is 5.02 Å². The zero-order valence-electron chi connectivity index (χ0n) is 9.12. The van der Waals surface area contributed by atoms with Crippen LogP contribution in [-0.2, 0) is 9.59 Å². The maximum absolute atomic E-state index is 11.3. The molecule has 1 aromatic carbocycles. The van der Waals surface area contributed by atoms with Gasteiger partial charge in [-0.3, -0.25) is 14.9 Å². The summed E-state index contributed by atoms with van der Waals surface area (Å²) in [5.74, 6) is -0.939. The highest BCUT2D eigenvalue weighted by Gasteiger charge is 2.09. The number of carbonyl (C=O) groups excluding carboxylic acids is 3. The van der Waals surface area contributed by atoms with Gasteiger partial charge >= 0.3 is 6.03 Å². The van der Waals surface area contributed by atoms with Crippen LogP contribution in [0.15, 0.2) is 24.3 Å². The van der Waals surface area contributed by atoms with Gasteiger partial charge in [0.05, 0.1) is 6.42 Å². The van der Waals surface area contributed by atoms with Crippen LogP contribution in [0.3, 0.4) is 0 Å². The number of anilines is 1. The van der Waals surface area contributed by atoms with Crippen LogP contribution in [-0.4, -0.2) is 17.7 Å². The smallest absolute Gasteiger partial charge is 0.308 e. The molecule has 5 nitrogen and oxygen atoms in total. The fourth-order valence-electron chi connectivity index (χ4n) is 1.09. The lowest BCUT2D eigenvalue weighted by Crippen LogP contribution is -2.35. The predicted octanol–water partition coefficient (Wildman–Crippen LogP) is 1.97. The van der Waals surface area contributed by atoms with Crippen molar-refractivity contribution in [2.75, 3.05) is 5.32 Å². The summed E-state index contributed by atoms with van der Waals surface area (Å²) in [6.45, 7) is 1.27. The first-order valence-corrected chi connectivity index (χ1v) is 5.21. The summed E-state index contributed by atoms with van der Waals surface area (Å²) in [6, 6.07) is 5.72. The van der Waals surface area contributed by atoms with Crippen molar-refractivity contribution in [2.45, 2.75) is 13.3 Å². The molecule has 1 rings (SSSR count). The third-order valence-electron chi connectivity index (χ3n) is 1.76. The average Bonchev–Trinajstić information content (AvgIpc) is 2.19. The van der Waals surface area contributed by atoms with Crippen molar-refractivity contribution < 1.29 is 14.4 Å². The van der Waals surface area contributed by atoms with Crippen LogP contribution in [0.5, 0.6) is 0 Å². The highest BCUT2D eigenvalue weighted by atomic mass is 35.5. The lowest BCUT2D eigenvalue weighted by Gasteiger charge is -2.05. The minimum Gasteiger partial charge on any atom is -0.308 e. The number of halogens is 1. The maximum atomic E-state index is 11.3. The van der Waals surface area contributed by atoms with E-state index >= 15 is 0 Å². The number of hydrogen-bond donors (Lipinski definition) is 2. The first-order chi connectivity index (χ1) is 7.97. The number of benzene rings is 1. The molecule has 0 atom stereocenters. The minimum absolute atomic E-state index is 0.304. The molecule has 0 spiro atoms. The molecule has 1 aromatic rings. The monoisotopic (exact) mass is 254 g/mol. The van der Waals surface area contributed by atoms with Crippen LogP contribution in [0.25, 0.3) is 0 Å². The number of ketones is 1. The quantitative estimate of drug-likeness (QED) is 0.810. The first-order valence-electron chi connectivity index (χ1n) is 4.83. The third-order valence-corrected chi connectivity index (χ3v) is 2.02. The van der Waals surface area contributed by atoms with Gasteiger partial charge in [0.15, 0.2) is 0 Å². The average molecular weight is 255 g/mol. The van der Waals surface area contributed by atoms with Crippen molar-refractivity contribution in [3.05, 3.63) is 29.3 Å². The van der Waals surface area contributed by atoms with Crippen LogP contribution >= 0.6 is 11.6 Å². The molecule has 0 radical (unpaired) electrons. The van der Waals surface area contributed by atoms with E-state index in [1.165, 1.54) is 6.92 Å². The van der Waals surface area contributed by atoms with Crippen molar-refractivity contribution in [2.24, 2.45) is 0 Å². The number of Topliss-reactive ketones (excluding diaryl/α,β-unsaturated/α-hetero) is 1. The molecule has 6 heteroatoms. The fraction of sp³-hybridized carbons (Fsp3) is 0.182. The minimum atomic E-state index is -0.682. The SMILES string of the molecule is CC(=O)CC(=O)NC(=O)Nc1ccc(Cl)cc1. The number of hydrogen-bond acceptors (Lipinski definition) is 3. The summed E-state index contributed by atoms with van der Waals surface area (Å²) in [5.41, 5.74) is 0.502. The number of nitrogens with one attached hydrogen (secondary N) is 2. The predicted molar refractivity (Wildman–Crippen MR) is 63.9 cm³/mol. The summed E-state index contributed by atoms with van der Waals surface area (Å²) in [5, 5.41) is 5.01. The van der Waals surface area contributed by atoms with Gasteiger partial charge in [-0.2, -0.15) is 0 Å². The molecule has 0 heterocycles. The summed E-state index contributed by atoms with van der Waals surface area (Å²) >= 11 is 5.67. The van der Waals surface area contributed by atoms with Gasteiger partial charge in [-0.15, -0.1) is 0 Å². The van der Waals surface area contributed by atoms with E-state index in [2.05, 4.69) is 5.32 Å². The van der Waals surface area contributed by atoms with E-state index in [1.807, 2.05) is 5.32 Å². The van der Waals surface area contributed by atoms with Gasteiger partial charge in [-0.25, -0.2) is 4.79 Å². The second-order valence-electron chi connectivity index (χ2n) is 3.39. The third kappa shape index (κ3) is 5.12. The number of urea groups is 1. The number of amides is 3. The van der Waals surface area contributed by atoms with Gasteiger partial charge in [-0.1, -0.05) is 11.6 Å². The Bertz CT molecular complexity index is 443. The molecule has 3 amide bonds. The molecule has 0 unspecified atom stereocenters. The molecule has 0 aliphatic heterocycles. The Morgan fingerprint density at radius 1 is 1.18 bits per heavy atom. The molecule has 2 N–H and O–H groups in total. The van der Waals surface area contributed by atoms with Crippen LogP contribution in [0, 0.1) is 0 Å². The summed E-state index contributed by atoms with van der Waals surface area (Å²) < 4.78 is 0. The summed E-state index contributed by atoms with van der Waals surface area (Å²) in [7, 11) is 0. The highest BCUT2D eigenvalue weighted by Crippen LogP contribution is 2.12. The first kappa shape index (κ1) is 13.2. The van der Waals surface area contributed by atoms with Gasteiger partial charge < -0.3 is 5.32 Å². The van der Waals surface area contributed by atoms with E-state index in [-0.39, 0.29) is 12.2 Å². The van der Waals surface area contributed by atoms with E-state index in [0.717, 1.165) is 0 Å². The van der Waals surface area contributed by atoms with Crippen molar-refractivity contribution >= 4 is 35.0 Å². The van der Waals surface area contributed by atoms with Crippen molar-refractivity contribution in [3.63, 3.8) is 0 Å². The molecule has 17 heavy (non-hydrogen) atoms.